The highest BCUT2D eigenvalue weighted by molar-refractivity contribution is 5.86. The summed E-state index contributed by atoms with van der Waals surface area (Å²) in [5.41, 5.74) is 2.41. The average Bonchev–Trinajstić information content (AvgIpc) is 3.01. The van der Waals surface area contributed by atoms with Crippen molar-refractivity contribution in [3.05, 3.63) is 29.8 Å². The maximum absolute atomic E-state index is 12.2. The SMILES string of the molecule is CN(C)c1ccc(C2CNC(=O)C23CCCC3)cc1. The molecule has 0 aromatic heterocycles. The van der Waals surface area contributed by atoms with Gasteiger partial charge in [0.1, 0.15) is 0 Å². The Morgan fingerprint density at radius 3 is 2.37 bits per heavy atom. The lowest BCUT2D eigenvalue weighted by Gasteiger charge is -2.28. The number of hydrogen-bond donors (Lipinski definition) is 1. The lowest BCUT2D eigenvalue weighted by molar-refractivity contribution is -0.127. The smallest absolute Gasteiger partial charge is 0.226 e. The van der Waals surface area contributed by atoms with Crippen LogP contribution in [0.3, 0.4) is 0 Å². The molecular weight excluding hydrogens is 236 g/mol. The van der Waals surface area contributed by atoms with Crippen molar-refractivity contribution in [2.45, 2.75) is 31.6 Å². The Morgan fingerprint density at radius 2 is 1.79 bits per heavy atom. The number of amides is 1. The van der Waals surface area contributed by atoms with Crippen molar-refractivity contribution in [2.24, 2.45) is 5.41 Å². The Bertz CT molecular complexity index is 472. The van der Waals surface area contributed by atoms with Gasteiger partial charge in [0.05, 0.1) is 5.41 Å². The van der Waals surface area contributed by atoms with Crippen LogP contribution in [0, 0.1) is 5.41 Å². The second-order valence-corrected chi connectivity index (χ2v) is 6.11. The van der Waals surface area contributed by atoms with Crippen molar-refractivity contribution < 1.29 is 4.79 Å². The monoisotopic (exact) mass is 258 g/mol. The molecular formula is C16H22N2O. The van der Waals surface area contributed by atoms with Gasteiger partial charge in [0.2, 0.25) is 5.91 Å². The number of anilines is 1. The molecule has 1 heterocycles. The van der Waals surface area contributed by atoms with Crippen LogP contribution in [0.25, 0.3) is 0 Å². The fraction of sp³-hybridized carbons (Fsp3) is 0.562. The molecule has 1 spiro atoms. The Kier molecular flexibility index (Phi) is 3.00. The fourth-order valence-electron chi connectivity index (χ4n) is 3.75. The van der Waals surface area contributed by atoms with Gasteiger partial charge in [-0.25, -0.2) is 0 Å². The van der Waals surface area contributed by atoms with Crippen molar-refractivity contribution in [3.8, 4) is 0 Å². The van der Waals surface area contributed by atoms with E-state index in [9.17, 15) is 4.79 Å². The zero-order valence-corrected chi connectivity index (χ0v) is 11.8. The van der Waals surface area contributed by atoms with Gasteiger partial charge in [-0.3, -0.25) is 4.79 Å². The molecule has 19 heavy (non-hydrogen) atoms. The van der Waals surface area contributed by atoms with E-state index in [2.05, 4.69) is 34.5 Å². The molecule has 2 fully saturated rings. The molecule has 1 aliphatic heterocycles. The summed E-state index contributed by atoms with van der Waals surface area (Å²) in [7, 11) is 4.10. The second kappa shape index (κ2) is 4.55. The van der Waals surface area contributed by atoms with Gasteiger partial charge in [0.15, 0.2) is 0 Å². The first-order chi connectivity index (χ1) is 9.13. The Hall–Kier alpha value is -1.51. The molecule has 1 unspecified atom stereocenters. The van der Waals surface area contributed by atoms with Gasteiger partial charge in [-0.2, -0.15) is 0 Å². The largest absolute Gasteiger partial charge is 0.378 e. The van der Waals surface area contributed by atoms with Crippen LogP contribution in [0.5, 0.6) is 0 Å². The molecule has 1 aliphatic carbocycles. The number of hydrogen-bond acceptors (Lipinski definition) is 2. The lowest BCUT2D eigenvalue weighted by atomic mass is 9.73. The Labute approximate surface area is 115 Å². The maximum atomic E-state index is 12.2. The maximum Gasteiger partial charge on any atom is 0.226 e. The fourth-order valence-corrected chi connectivity index (χ4v) is 3.75. The highest BCUT2D eigenvalue weighted by Gasteiger charge is 2.51. The molecule has 1 atom stereocenters. The number of nitrogens with one attached hydrogen (secondary N) is 1. The van der Waals surface area contributed by atoms with Crippen molar-refractivity contribution in [3.63, 3.8) is 0 Å². The summed E-state index contributed by atoms with van der Waals surface area (Å²) in [5.74, 6) is 0.644. The van der Waals surface area contributed by atoms with Gasteiger partial charge in [-0.1, -0.05) is 25.0 Å². The van der Waals surface area contributed by atoms with E-state index in [0.29, 0.717) is 5.92 Å². The van der Waals surface area contributed by atoms with E-state index in [1.807, 2.05) is 14.1 Å². The third-order valence-electron chi connectivity index (χ3n) is 4.89. The minimum Gasteiger partial charge on any atom is -0.378 e. The van der Waals surface area contributed by atoms with Gasteiger partial charge in [0.25, 0.3) is 0 Å². The molecule has 3 heteroatoms. The summed E-state index contributed by atoms with van der Waals surface area (Å²) in [6.07, 6.45) is 4.50. The molecule has 3 nitrogen and oxygen atoms in total. The van der Waals surface area contributed by atoms with Gasteiger partial charge in [-0.05, 0) is 30.5 Å². The molecule has 1 saturated carbocycles. The van der Waals surface area contributed by atoms with E-state index in [-0.39, 0.29) is 11.3 Å². The van der Waals surface area contributed by atoms with Gasteiger partial charge >= 0.3 is 0 Å². The molecule has 2 aliphatic rings. The number of carbonyl (C=O) groups excluding carboxylic acids is 1. The first-order valence-electron chi connectivity index (χ1n) is 7.19. The van der Waals surface area contributed by atoms with E-state index in [4.69, 9.17) is 0 Å². The highest BCUT2D eigenvalue weighted by atomic mass is 16.2. The van der Waals surface area contributed by atoms with Crippen LogP contribution in [0.2, 0.25) is 0 Å². The molecule has 102 valence electrons. The predicted molar refractivity (Wildman–Crippen MR) is 77.4 cm³/mol. The van der Waals surface area contributed by atoms with Crippen LogP contribution in [0.4, 0.5) is 5.69 Å². The molecule has 0 radical (unpaired) electrons. The molecule has 0 bridgehead atoms. The summed E-state index contributed by atoms with van der Waals surface area (Å²) in [6.45, 7) is 0.806. The van der Waals surface area contributed by atoms with E-state index in [1.165, 1.54) is 24.1 Å². The molecule has 1 aromatic carbocycles. The quantitative estimate of drug-likeness (QED) is 0.884. The van der Waals surface area contributed by atoms with Crippen molar-refractivity contribution in [1.82, 2.24) is 5.32 Å². The number of nitrogens with zero attached hydrogens (tertiary/aromatic N) is 1. The van der Waals surface area contributed by atoms with Gasteiger partial charge in [-0.15, -0.1) is 0 Å². The van der Waals surface area contributed by atoms with Crippen LogP contribution >= 0.6 is 0 Å². The third kappa shape index (κ3) is 1.92. The second-order valence-electron chi connectivity index (χ2n) is 6.11. The standard InChI is InChI=1S/C16H22N2O/c1-18(2)13-7-5-12(6-8-13)14-11-17-15(19)16(14)9-3-4-10-16/h5-8,14H,3-4,9-11H2,1-2H3,(H,17,19). The van der Waals surface area contributed by atoms with Gasteiger partial charge < -0.3 is 10.2 Å². The summed E-state index contributed by atoms with van der Waals surface area (Å²) < 4.78 is 0. The van der Waals surface area contributed by atoms with Gasteiger partial charge in [0, 0.05) is 32.2 Å². The zero-order valence-electron chi connectivity index (χ0n) is 11.8. The molecule has 1 amide bonds. The number of carbonyl (C=O) groups is 1. The molecule has 1 N–H and O–H groups in total. The molecule has 3 rings (SSSR count). The Morgan fingerprint density at radius 1 is 1.16 bits per heavy atom. The first-order valence-corrected chi connectivity index (χ1v) is 7.19. The normalized spacial score (nSPS) is 24.7. The van der Waals surface area contributed by atoms with Crippen LogP contribution in [-0.2, 0) is 4.79 Å². The van der Waals surface area contributed by atoms with Crippen LogP contribution in [0.15, 0.2) is 24.3 Å². The van der Waals surface area contributed by atoms with Crippen molar-refractivity contribution >= 4 is 11.6 Å². The summed E-state index contributed by atoms with van der Waals surface area (Å²) in [4.78, 5) is 14.3. The number of benzene rings is 1. The zero-order chi connectivity index (χ0) is 13.5. The summed E-state index contributed by atoms with van der Waals surface area (Å²) in [5, 5.41) is 3.09. The highest BCUT2D eigenvalue weighted by Crippen LogP contribution is 2.51. The summed E-state index contributed by atoms with van der Waals surface area (Å²) in [6, 6.07) is 8.70. The van der Waals surface area contributed by atoms with E-state index >= 15 is 0 Å². The van der Waals surface area contributed by atoms with E-state index < -0.39 is 0 Å². The topological polar surface area (TPSA) is 32.3 Å². The molecule has 1 saturated heterocycles. The third-order valence-corrected chi connectivity index (χ3v) is 4.89. The summed E-state index contributed by atoms with van der Waals surface area (Å²) >= 11 is 0. The average molecular weight is 258 g/mol. The predicted octanol–water partition coefficient (Wildman–Crippen LogP) is 2.53. The first kappa shape index (κ1) is 12.5. The van der Waals surface area contributed by atoms with Crippen LogP contribution in [-0.4, -0.2) is 26.5 Å². The van der Waals surface area contributed by atoms with E-state index in [1.54, 1.807) is 0 Å². The van der Waals surface area contributed by atoms with Crippen LogP contribution in [0.1, 0.15) is 37.2 Å². The minimum absolute atomic E-state index is 0.111. The molecule has 1 aromatic rings. The number of rotatable bonds is 2. The lowest BCUT2D eigenvalue weighted by Crippen LogP contribution is -2.31. The van der Waals surface area contributed by atoms with E-state index in [0.717, 1.165) is 19.4 Å². The Balaban J connectivity index is 1.91. The van der Waals surface area contributed by atoms with Crippen molar-refractivity contribution in [2.75, 3.05) is 25.5 Å². The minimum atomic E-state index is -0.111. The van der Waals surface area contributed by atoms with Crippen LogP contribution < -0.4 is 10.2 Å². The van der Waals surface area contributed by atoms with Crippen molar-refractivity contribution in [1.29, 1.82) is 0 Å².